The van der Waals surface area contributed by atoms with Crippen LogP contribution >= 0.6 is 0 Å². The van der Waals surface area contributed by atoms with E-state index in [0.717, 1.165) is 6.07 Å². The smallest absolute Gasteiger partial charge is 0.379 e. The Balaban J connectivity index is 1.93. The molecule has 0 bridgehead atoms. The minimum atomic E-state index is -4.38. The predicted molar refractivity (Wildman–Crippen MR) is 93.7 cm³/mol. The van der Waals surface area contributed by atoms with Crippen LogP contribution in [0.4, 0.5) is 24.5 Å². The molecule has 28 heavy (non-hydrogen) atoms. The lowest BCUT2D eigenvalue weighted by molar-refractivity contribution is -0.384. The first-order chi connectivity index (χ1) is 13.1. The molecule has 2 saturated heterocycles. The van der Waals surface area contributed by atoms with Crippen LogP contribution in [-0.4, -0.2) is 63.2 Å². The highest BCUT2D eigenvalue weighted by molar-refractivity contribution is 7.89. The summed E-state index contributed by atoms with van der Waals surface area (Å²) in [7, 11) is -3.95. The number of halogens is 3. The topological polar surface area (TPSA) is 93.0 Å². The van der Waals surface area contributed by atoms with Crippen LogP contribution < -0.4 is 4.90 Å². The van der Waals surface area contributed by atoms with Crippen LogP contribution in [0.1, 0.15) is 12.8 Å². The number of piperidine rings is 1. The van der Waals surface area contributed by atoms with Gasteiger partial charge in [-0.3, -0.25) is 10.1 Å². The van der Waals surface area contributed by atoms with E-state index in [9.17, 15) is 31.7 Å². The van der Waals surface area contributed by atoms with E-state index >= 15 is 0 Å². The van der Waals surface area contributed by atoms with Crippen molar-refractivity contribution in [3.05, 3.63) is 28.3 Å². The average molecular weight is 423 g/mol. The van der Waals surface area contributed by atoms with Crippen LogP contribution in [0.25, 0.3) is 0 Å². The third-order valence-corrected chi connectivity index (χ3v) is 6.87. The lowest BCUT2D eigenvalue weighted by Crippen LogP contribution is -2.42. The summed E-state index contributed by atoms with van der Waals surface area (Å²) in [6.45, 7) is 0.579. The van der Waals surface area contributed by atoms with E-state index in [1.807, 2.05) is 0 Å². The van der Waals surface area contributed by atoms with E-state index < -0.39 is 32.7 Å². The summed E-state index contributed by atoms with van der Waals surface area (Å²) in [4.78, 5) is 11.8. The van der Waals surface area contributed by atoms with Gasteiger partial charge in [-0.25, -0.2) is 8.42 Å². The van der Waals surface area contributed by atoms with Gasteiger partial charge in [-0.15, -0.1) is 0 Å². The second-order valence-corrected chi connectivity index (χ2v) is 8.69. The Morgan fingerprint density at radius 1 is 1.18 bits per heavy atom. The van der Waals surface area contributed by atoms with Crippen LogP contribution in [0.15, 0.2) is 23.1 Å². The lowest BCUT2D eigenvalue weighted by Gasteiger charge is -2.35. The number of nitro groups is 1. The summed E-state index contributed by atoms with van der Waals surface area (Å²) in [5, 5.41) is 11.5. The Hall–Kier alpha value is -1.92. The summed E-state index contributed by atoms with van der Waals surface area (Å²) in [5.41, 5.74) is -0.517. The fourth-order valence-electron chi connectivity index (χ4n) is 3.48. The molecule has 2 aliphatic heterocycles. The third kappa shape index (κ3) is 4.23. The maximum absolute atomic E-state index is 13.1. The van der Waals surface area contributed by atoms with E-state index in [0.29, 0.717) is 0 Å². The van der Waals surface area contributed by atoms with Gasteiger partial charge in [0.1, 0.15) is 5.69 Å². The van der Waals surface area contributed by atoms with Gasteiger partial charge in [0.15, 0.2) is 0 Å². The van der Waals surface area contributed by atoms with Gasteiger partial charge in [0.05, 0.1) is 29.0 Å². The lowest BCUT2D eigenvalue weighted by atomic mass is 9.97. The van der Waals surface area contributed by atoms with Crippen molar-refractivity contribution < 1.29 is 31.2 Å². The average Bonchev–Trinajstić information content (AvgIpc) is 2.67. The SMILES string of the molecule is O=[N+]([O-])c1cc(S(=O)(=O)N2CCOCC2)ccc1N1CCCC(C(F)(F)F)C1. The number of nitro benzene ring substituents is 1. The third-order valence-electron chi connectivity index (χ3n) is 4.98. The highest BCUT2D eigenvalue weighted by Gasteiger charge is 2.42. The van der Waals surface area contributed by atoms with E-state index in [4.69, 9.17) is 4.74 Å². The maximum Gasteiger partial charge on any atom is 0.393 e. The summed E-state index contributed by atoms with van der Waals surface area (Å²) in [6.07, 6.45) is -4.17. The van der Waals surface area contributed by atoms with Crippen molar-refractivity contribution in [1.82, 2.24) is 4.31 Å². The van der Waals surface area contributed by atoms with Gasteiger partial charge in [0.2, 0.25) is 10.0 Å². The van der Waals surface area contributed by atoms with Crippen LogP contribution in [-0.2, 0) is 14.8 Å². The standard InChI is InChI=1S/C16H20F3N3O5S/c17-16(18,19)12-2-1-5-20(11-12)14-4-3-13(10-15(14)22(23)24)28(25,26)21-6-8-27-9-7-21/h3-4,10,12H,1-2,5-9,11H2. The zero-order valence-electron chi connectivity index (χ0n) is 14.9. The van der Waals surface area contributed by atoms with Crippen LogP contribution in [0.3, 0.4) is 0 Å². The number of ether oxygens (including phenoxy) is 1. The number of rotatable bonds is 4. The summed E-state index contributed by atoms with van der Waals surface area (Å²) in [5.74, 6) is -1.57. The number of alkyl halides is 3. The Morgan fingerprint density at radius 2 is 1.86 bits per heavy atom. The van der Waals surface area contributed by atoms with Crippen molar-refractivity contribution in [3.8, 4) is 0 Å². The zero-order valence-corrected chi connectivity index (χ0v) is 15.7. The van der Waals surface area contributed by atoms with Crippen molar-refractivity contribution in [1.29, 1.82) is 0 Å². The molecule has 0 aliphatic carbocycles. The molecule has 3 rings (SSSR count). The summed E-state index contributed by atoms with van der Waals surface area (Å²) < 4.78 is 70.9. The zero-order chi connectivity index (χ0) is 20.5. The Morgan fingerprint density at radius 3 is 2.46 bits per heavy atom. The van der Waals surface area contributed by atoms with Gasteiger partial charge in [0, 0.05) is 32.2 Å². The fourth-order valence-corrected chi connectivity index (χ4v) is 4.90. The van der Waals surface area contributed by atoms with Crippen molar-refractivity contribution in [2.45, 2.75) is 23.9 Å². The van der Waals surface area contributed by atoms with Crippen molar-refractivity contribution in [3.63, 3.8) is 0 Å². The number of morpholine rings is 1. The van der Waals surface area contributed by atoms with E-state index in [2.05, 4.69) is 0 Å². The second kappa shape index (κ2) is 7.84. The van der Waals surface area contributed by atoms with Crippen molar-refractivity contribution in [2.24, 2.45) is 5.92 Å². The molecule has 1 unspecified atom stereocenters. The van der Waals surface area contributed by atoms with E-state index in [1.54, 1.807) is 0 Å². The normalized spacial score (nSPS) is 22.2. The Bertz CT molecular complexity index is 840. The predicted octanol–water partition coefficient (Wildman–Crippen LogP) is 2.39. The number of benzene rings is 1. The fraction of sp³-hybridized carbons (Fsp3) is 0.625. The Labute approximate surface area is 160 Å². The molecule has 8 nitrogen and oxygen atoms in total. The molecular weight excluding hydrogens is 403 g/mol. The van der Waals surface area contributed by atoms with Crippen LogP contribution in [0.2, 0.25) is 0 Å². The number of hydrogen-bond acceptors (Lipinski definition) is 6. The minimum absolute atomic E-state index is 0.000113. The van der Waals surface area contributed by atoms with Gasteiger partial charge in [0.25, 0.3) is 5.69 Å². The molecule has 0 radical (unpaired) electrons. The van der Waals surface area contributed by atoms with E-state index in [1.165, 1.54) is 21.3 Å². The van der Waals surface area contributed by atoms with Crippen molar-refractivity contribution >= 4 is 21.4 Å². The Kier molecular flexibility index (Phi) is 5.82. The molecule has 1 aromatic carbocycles. The molecule has 1 atom stereocenters. The first-order valence-corrected chi connectivity index (χ1v) is 10.2. The minimum Gasteiger partial charge on any atom is -0.379 e. The number of nitrogens with zero attached hydrogens (tertiary/aromatic N) is 3. The number of sulfonamides is 1. The summed E-state index contributed by atoms with van der Waals surface area (Å²) in [6, 6.07) is 3.37. The first-order valence-electron chi connectivity index (χ1n) is 8.78. The van der Waals surface area contributed by atoms with Gasteiger partial charge in [-0.2, -0.15) is 17.5 Å². The molecule has 0 amide bonds. The first kappa shape index (κ1) is 20.8. The van der Waals surface area contributed by atoms with Gasteiger partial charge >= 0.3 is 6.18 Å². The molecule has 156 valence electrons. The summed E-state index contributed by atoms with van der Waals surface area (Å²) >= 11 is 0. The molecule has 0 N–H and O–H groups in total. The molecule has 1 aromatic rings. The molecule has 0 aromatic heterocycles. The van der Waals surface area contributed by atoms with Crippen LogP contribution in [0.5, 0.6) is 0 Å². The number of hydrogen-bond donors (Lipinski definition) is 0. The highest BCUT2D eigenvalue weighted by Crippen LogP contribution is 2.38. The van der Waals surface area contributed by atoms with Crippen LogP contribution in [0, 0.1) is 16.0 Å². The second-order valence-electron chi connectivity index (χ2n) is 6.75. The monoisotopic (exact) mass is 423 g/mol. The quantitative estimate of drug-likeness (QED) is 0.545. The highest BCUT2D eigenvalue weighted by atomic mass is 32.2. The van der Waals surface area contributed by atoms with Gasteiger partial charge < -0.3 is 9.64 Å². The molecular formula is C16H20F3N3O5S. The van der Waals surface area contributed by atoms with Gasteiger partial charge in [-0.05, 0) is 25.0 Å². The molecule has 2 fully saturated rings. The van der Waals surface area contributed by atoms with E-state index in [-0.39, 0.29) is 62.8 Å². The van der Waals surface area contributed by atoms with Crippen molar-refractivity contribution in [2.75, 3.05) is 44.3 Å². The largest absolute Gasteiger partial charge is 0.393 e. The number of anilines is 1. The molecule has 12 heteroatoms. The molecule has 0 spiro atoms. The molecule has 0 saturated carbocycles. The maximum atomic E-state index is 13.1. The molecule has 2 aliphatic rings. The van der Waals surface area contributed by atoms with Gasteiger partial charge in [-0.1, -0.05) is 0 Å². The molecule has 2 heterocycles.